The summed E-state index contributed by atoms with van der Waals surface area (Å²) >= 11 is 0. The molecule has 4 rings (SSSR count). The van der Waals surface area contributed by atoms with Crippen molar-refractivity contribution in [2.45, 2.75) is 61.4 Å². The molecule has 2 saturated heterocycles. The number of hydrogen-bond acceptors (Lipinski definition) is 14. The van der Waals surface area contributed by atoms with Crippen molar-refractivity contribution in [2.24, 2.45) is 0 Å². The minimum absolute atomic E-state index is 0.0383. The topological polar surface area (TPSA) is 239 Å². The van der Waals surface area contributed by atoms with E-state index in [1.165, 1.54) is 24.3 Å². The van der Waals surface area contributed by atoms with Gasteiger partial charge in [-0.05, 0) is 23.8 Å². The average Bonchev–Trinajstić information content (AvgIpc) is 2.94. The molecule has 14 heteroatoms. The van der Waals surface area contributed by atoms with Crippen molar-refractivity contribution < 1.29 is 70.0 Å². The molecular weight excluding hydrogens is 536 g/mol. The normalized spacial score (nSPS) is 34.6. The van der Waals surface area contributed by atoms with E-state index in [0.29, 0.717) is 5.56 Å². The van der Waals surface area contributed by atoms with Gasteiger partial charge in [0.15, 0.2) is 11.5 Å². The summed E-state index contributed by atoms with van der Waals surface area (Å²) in [5.74, 6) is -0.858. The highest BCUT2D eigenvalue weighted by Crippen LogP contribution is 2.40. The first-order valence-corrected chi connectivity index (χ1v) is 12.3. The van der Waals surface area contributed by atoms with E-state index >= 15 is 0 Å². The first kappa shape index (κ1) is 30.0. The lowest BCUT2D eigenvalue weighted by atomic mass is 9.99. The number of aromatic hydroxyl groups is 2. The van der Waals surface area contributed by atoms with E-state index in [0.717, 1.165) is 6.07 Å². The maximum atomic E-state index is 10.5. The van der Waals surface area contributed by atoms with Gasteiger partial charge in [0.2, 0.25) is 12.6 Å². The molecule has 10 atom stereocenters. The van der Waals surface area contributed by atoms with Crippen LogP contribution in [0.15, 0.2) is 36.4 Å². The van der Waals surface area contributed by atoms with Crippen molar-refractivity contribution in [1.82, 2.24) is 0 Å². The van der Waals surface area contributed by atoms with Gasteiger partial charge in [-0.15, -0.1) is 0 Å². The number of rotatable bonds is 8. The maximum Gasteiger partial charge on any atom is 0.229 e. The zero-order valence-corrected chi connectivity index (χ0v) is 20.9. The lowest BCUT2D eigenvalue weighted by molar-refractivity contribution is -0.282. The highest BCUT2D eigenvalue weighted by molar-refractivity contribution is 5.75. The van der Waals surface area contributed by atoms with Crippen LogP contribution in [0.25, 0.3) is 12.2 Å². The zero-order chi connectivity index (χ0) is 29.1. The van der Waals surface area contributed by atoms with E-state index in [1.807, 2.05) is 0 Å². The van der Waals surface area contributed by atoms with E-state index in [-0.39, 0.29) is 28.6 Å². The van der Waals surface area contributed by atoms with Crippen LogP contribution in [0.2, 0.25) is 0 Å². The second kappa shape index (κ2) is 12.7. The van der Waals surface area contributed by atoms with Crippen molar-refractivity contribution >= 4 is 12.2 Å². The van der Waals surface area contributed by atoms with Crippen LogP contribution in [-0.4, -0.2) is 126 Å². The van der Waals surface area contributed by atoms with Gasteiger partial charge in [0, 0.05) is 11.6 Å². The molecule has 2 aliphatic heterocycles. The van der Waals surface area contributed by atoms with Crippen LogP contribution in [0.4, 0.5) is 0 Å². The Morgan fingerprint density at radius 1 is 0.625 bits per heavy atom. The fourth-order valence-electron chi connectivity index (χ4n) is 4.29. The SMILES string of the molecule is OC[C@H]1O[C@H](Oc2cc(O)cc(C=Cc3ccc(O)cc3)c2O[C@H]2O[C@H](CO)[C@@H](O)[C@H](O)[C@H]2O)[C@H](O)[C@@H](O)[C@@H]1O. The van der Waals surface area contributed by atoms with Crippen LogP contribution in [0, 0.1) is 0 Å². The standard InChI is InChI=1S/C26H32O14/c27-9-16-18(31)20(33)22(35)25(38-16)37-15-8-14(30)7-12(4-1-11-2-5-13(29)6-3-11)24(15)40-26-23(36)21(34)19(32)17(10-28)39-26/h1-8,16-23,25-36H,9-10H2/t16-,17-,18-,19-,20+,21+,22-,23-,25+,26-/m1/s1. The van der Waals surface area contributed by atoms with Gasteiger partial charge in [-0.1, -0.05) is 24.3 Å². The molecule has 40 heavy (non-hydrogen) atoms. The summed E-state index contributed by atoms with van der Waals surface area (Å²) in [6, 6.07) is 8.38. The van der Waals surface area contributed by atoms with Crippen LogP contribution in [0.5, 0.6) is 23.0 Å². The van der Waals surface area contributed by atoms with Crippen molar-refractivity contribution in [1.29, 1.82) is 0 Å². The molecule has 0 aromatic heterocycles. The van der Waals surface area contributed by atoms with Crippen molar-refractivity contribution in [3.05, 3.63) is 47.5 Å². The fourth-order valence-corrected chi connectivity index (χ4v) is 4.29. The number of hydrogen-bond donors (Lipinski definition) is 10. The van der Waals surface area contributed by atoms with Gasteiger partial charge in [0.05, 0.1) is 13.2 Å². The molecule has 0 aliphatic carbocycles. The lowest BCUT2D eigenvalue weighted by Gasteiger charge is -2.41. The Hall–Kier alpha value is -3.02. The second-order valence-corrected chi connectivity index (χ2v) is 9.42. The summed E-state index contributed by atoms with van der Waals surface area (Å²) in [5.41, 5.74) is 0.737. The molecule has 2 aliphatic rings. The lowest BCUT2D eigenvalue weighted by Crippen LogP contribution is -2.60. The highest BCUT2D eigenvalue weighted by atomic mass is 16.7. The summed E-state index contributed by atoms with van der Waals surface area (Å²) in [7, 11) is 0. The van der Waals surface area contributed by atoms with Gasteiger partial charge in [-0.3, -0.25) is 0 Å². The van der Waals surface area contributed by atoms with Crippen LogP contribution in [-0.2, 0) is 9.47 Å². The van der Waals surface area contributed by atoms with E-state index in [2.05, 4.69) is 0 Å². The molecule has 0 spiro atoms. The van der Waals surface area contributed by atoms with Crippen LogP contribution < -0.4 is 9.47 Å². The summed E-state index contributed by atoms with van der Waals surface area (Å²) in [6.45, 7) is -1.44. The van der Waals surface area contributed by atoms with Crippen LogP contribution in [0.3, 0.4) is 0 Å². The third-order valence-electron chi connectivity index (χ3n) is 6.59. The number of aliphatic hydroxyl groups is 8. The number of ether oxygens (including phenoxy) is 4. The van der Waals surface area contributed by atoms with Crippen molar-refractivity contribution in [2.75, 3.05) is 13.2 Å². The Morgan fingerprint density at radius 3 is 1.68 bits per heavy atom. The molecule has 0 radical (unpaired) electrons. The zero-order valence-electron chi connectivity index (χ0n) is 20.9. The number of benzene rings is 2. The quantitative estimate of drug-likeness (QED) is 0.150. The van der Waals surface area contributed by atoms with Crippen molar-refractivity contribution in [3.8, 4) is 23.0 Å². The number of aliphatic hydroxyl groups excluding tert-OH is 8. The molecule has 0 bridgehead atoms. The van der Waals surface area contributed by atoms with Crippen LogP contribution in [0.1, 0.15) is 11.1 Å². The highest BCUT2D eigenvalue weighted by Gasteiger charge is 2.47. The smallest absolute Gasteiger partial charge is 0.229 e. The van der Waals surface area contributed by atoms with Gasteiger partial charge in [0.25, 0.3) is 0 Å². The third kappa shape index (κ3) is 6.31. The molecule has 220 valence electrons. The predicted molar refractivity (Wildman–Crippen MR) is 134 cm³/mol. The first-order chi connectivity index (χ1) is 19.0. The Bertz CT molecular complexity index is 1150. The third-order valence-corrected chi connectivity index (χ3v) is 6.59. The molecule has 0 saturated carbocycles. The fraction of sp³-hybridized carbons (Fsp3) is 0.462. The number of phenolic OH excluding ortho intramolecular Hbond substituents is 2. The Morgan fingerprint density at radius 2 is 1.15 bits per heavy atom. The Labute approximate surface area is 227 Å². The molecule has 2 heterocycles. The molecule has 0 amide bonds. The van der Waals surface area contributed by atoms with Gasteiger partial charge in [-0.25, -0.2) is 0 Å². The second-order valence-electron chi connectivity index (χ2n) is 9.42. The largest absolute Gasteiger partial charge is 0.508 e. The molecule has 2 fully saturated rings. The summed E-state index contributed by atoms with van der Waals surface area (Å²) < 4.78 is 22.4. The van der Waals surface area contributed by atoms with E-state index < -0.39 is 74.6 Å². The Kier molecular flexibility index (Phi) is 9.48. The Balaban J connectivity index is 1.73. The average molecular weight is 569 g/mol. The van der Waals surface area contributed by atoms with E-state index in [9.17, 15) is 51.1 Å². The van der Waals surface area contributed by atoms with E-state index in [4.69, 9.17) is 18.9 Å². The monoisotopic (exact) mass is 568 g/mol. The van der Waals surface area contributed by atoms with Gasteiger partial charge >= 0.3 is 0 Å². The molecule has 14 nitrogen and oxygen atoms in total. The summed E-state index contributed by atoms with van der Waals surface area (Å²) in [6.07, 6.45) is -13.4. The molecule has 10 N–H and O–H groups in total. The van der Waals surface area contributed by atoms with Gasteiger partial charge in [0.1, 0.15) is 60.3 Å². The maximum absolute atomic E-state index is 10.5. The molecular formula is C26H32O14. The molecule has 0 unspecified atom stereocenters. The first-order valence-electron chi connectivity index (χ1n) is 12.3. The minimum atomic E-state index is -1.81. The summed E-state index contributed by atoms with van der Waals surface area (Å²) in [5, 5.41) is 100. The summed E-state index contributed by atoms with van der Waals surface area (Å²) in [4.78, 5) is 0. The van der Waals surface area contributed by atoms with E-state index in [1.54, 1.807) is 18.2 Å². The minimum Gasteiger partial charge on any atom is -0.508 e. The van der Waals surface area contributed by atoms with Crippen molar-refractivity contribution in [3.63, 3.8) is 0 Å². The van der Waals surface area contributed by atoms with Gasteiger partial charge in [-0.2, -0.15) is 0 Å². The van der Waals surface area contributed by atoms with Crippen LogP contribution >= 0.6 is 0 Å². The molecule has 2 aromatic rings. The predicted octanol–water partition coefficient (Wildman–Crippen LogP) is -2.37. The van der Waals surface area contributed by atoms with Gasteiger partial charge < -0.3 is 70.0 Å². The molecule has 2 aromatic carbocycles. The number of phenols is 2.